The Labute approximate surface area is 194 Å². The molecule has 4 rings (SSSR count). The Kier molecular flexibility index (Phi) is 6.11. The van der Waals surface area contributed by atoms with Crippen LogP contribution in [0.2, 0.25) is 10.0 Å². The summed E-state index contributed by atoms with van der Waals surface area (Å²) in [5.41, 5.74) is -1.86. The zero-order valence-electron chi connectivity index (χ0n) is 16.7. The molecule has 1 aromatic carbocycles. The minimum Gasteiger partial charge on any atom is -0.374 e. The molecule has 1 fully saturated rings. The highest BCUT2D eigenvalue weighted by molar-refractivity contribution is 7.86. The maximum Gasteiger partial charge on any atom is 0.435 e. The van der Waals surface area contributed by atoms with Gasteiger partial charge in [0.25, 0.3) is 5.60 Å². The molecule has 0 radical (unpaired) electrons. The number of Topliss-reactive ketones (excluding diaryl/α,β-unsaturated/α-hetero) is 1. The van der Waals surface area contributed by atoms with Gasteiger partial charge >= 0.3 is 6.18 Å². The Morgan fingerprint density at radius 3 is 2.44 bits per heavy atom. The van der Waals surface area contributed by atoms with E-state index in [9.17, 15) is 22.2 Å². The van der Waals surface area contributed by atoms with Crippen LogP contribution in [0.4, 0.5) is 13.2 Å². The number of oxime groups is 1. The van der Waals surface area contributed by atoms with Crippen molar-refractivity contribution < 1.29 is 27.0 Å². The van der Waals surface area contributed by atoms with Crippen LogP contribution in [0, 0.1) is 12.8 Å². The minimum absolute atomic E-state index is 0.0439. The first-order valence-electron chi connectivity index (χ1n) is 9.62. The summed E-state index contributed by atoms with van der Waals surface area (Å²) in [6, 6.07) is 5.20. The zero-order chi connectivity index (χ0) is 23.3. The van der Waals surface area contributed by atoms with Crippen LogP contribution >= 0.6 is 23.2 Å². The molecule has 0 spiro atoms. The molecule has 5 nitrogen and oxygen atoms in total. The van der Waals surface area contributed by atoms with Gasteiger partial charge in [-0.2, -0.15) is 13.2 Å². The number of hydrogen-bond donors (Lipinski definition) is 0. The van der Waals surface area contributed by atoms with Crippen molar-refractivity contribution in [1.29, 1.82) is 0 Å². The monoisotopic (exact) mass is 504 g/mol. The van der Waals surface area contributed by atoms with Gasteiger partial charge in [-0.25, -0.2) is 0 Å². The smallest absolute Gasteiger partial charge is 0.374 e. The number of aryl methyl sites for hydroxylation is 1. The molecule has 0 aliphatic carbocycles. The van der Waals surface area contributed by atoms with Crippen molar-refractivity contribution in [3.05, 3.63) is 62.9 Å². The normalized spacial score (nSPS) is 25.1. The molecule has 1 saturated heterocycles. The summed E-state index contributed by atoms with van der Waals surface area (Å²) in [5.74, 6) is 0.904. The third-order valence-electron chi connectivity index (χ3n) is 5.51. The Bertz CT molecular complexity index is 1130. The van der Waals surface area contributed by atoms with Gasteiger partial charge in [-0.1, -0.05) is 28.4 Å². The Morgan fingerprint density at radius 1 is 1.22 bits per heavy atom. The summed E-state index contributed by atoms with van der Waals surface area (Å²) in [5, 5.41) is 3.80. The van der Waals surface area contributed by atoms with Gasteiger partial charge in [-0.3, -0.25) is 14.0 Å². The molecule has 0 N–H and O–H groups in total. The number of ketones is 1. The Hall–Kier alpha value is -1.97. The highest BCUT2D eigenvalue weighted by atomic mass is 35.5. The van der Waals surface area contributed by atoms with Crippen molar-refractivity contribution >= 4 is 45.5 Å². The predicted octanol–water partition coefficient (Wildman–Crippen LogP) is 5.23. The van der Waals surface area contributed by atoms with Crippen molar-refractivity contribution in [3.63, 3.8) is 0 Å². The second kappa shape index (κ2) is 8.43. The first-order valence-corrected chi connectivity index (χ1v) is 11.9. The lowest BCUT2D eigenvalue weighted by Crippen LogP contribution is -2.42. The molecule has 11 heteroatoms. The van der Waals surface area contributed by atoms with Crippen LogP contribution in [-0.4, -0.2) is 38.4 Å². The van der Waals surface area contributed by atoms with E-state index in [0.29, 0.717) is 22.6 Å². The number of alkyl halides is 3. The molecular formula is C21H17Cl2F3N2O3S. The number of halogens is 5. The number of rotatable bonds is 5. The molecule has 3 heterocycles. The van der Waals surface area contributed by atoms with Crippen LogP contribution in [0.3, 0.4) is 0 Å². The summed E-state index contributed by atoms with van der Waals surface area (Å²) < 4.78 is 53.6. The maximum atomic E-state index is 14.1. The van der Waals surface area contributed by atoms with Crippen molar-refractivity contribution in [2.24, 2.45) is 11.1 Å². The first-order chi connectivity index (χ1) is 15.0. The van der Waals surface area contributed by atoms with Gasteiger partial charge in [0.1, 0.15) is 5.69 Å². The molecule has 0 unspecified atom stereocenters. The molecule has 0 bridgehead atoms. The summed E-state index contributed by atoms with van der Waals surface area (Å²) in [4.78, 5) is 21.7. The molecule has 0 saturated carbocycles. The number of nitrogens with zero attached hydrogens (tertiary/aromatic N) is 2. The van der Waals surface area contributed by atoms with Crippen LogP contribution in [0.25, 0.3) is 0 Å². The number of aromatic nitrogens is 1. The lowest BCUT2D eigenvalue weighted by Gasteiger charge is -2.29. The van der Waals surface area contributed by atoms with Crippen molar-refractivity contribution in [2.75, 3.05) is 11.5 Å². The van der Waals surface area contributed by atoms with E-state index >= 15 is 0 Å². The fourth-order valence-electron chi connectivity index (χ4n) is 3.82. The minimum atomic E-state index is -4.80. The number of pyridine rings is 1. The molecule has 0 amide bonds. The van der Waals surface area contributed by atoms with Crippen LogP contribution in [0.1, 0.15) is 40.0 Å². The number of carbonyl (C=O) groups is 1. The summed E-state index contributed by atoms with van der Waals surface area (Å²) in [7, 11) is -0.850. The summed E-state index contributed by atoms with van der Waals surface area (Å²) in [6.45, 7) is 1.66. The third kappa shape index (κ3) is 4.30. The van der Waals surface area contributed by atoms with Gasteiger partial charge in [0.05, 0.1) is 12.1 Å². The van der Waals surface area contributed by atoms with E-state index in [2.05, 4.69) is 10.1 Å². The highest BCUT2D eigenvalue weighted by Crippen LogP contribution is 2.49. The molecule has 2 aromatic rings. The SMILES string of the molecule is Cc1cc(C2=NO[C@@](c3cc(Cl)cc(Cl)c3)(C(F)(F)F)C2)cnc1C(=O)CC1CS(=O)C1. The quantitative estimate of drug-likeness (QED) is 0.522. The standard InChI is InChI=1S/C21H17Cl2F3N2O3S/c1-11-2-13(8-27-19(11)18(29)3-12-9-32(30)10-12)17-7-20(31-28-17,21(24,25)26)14-4-15(22)6-16(23)5-14/h2,4-6,8,12H,3,7,9-10H2,1H3/t12?,20-,32?/m0/s1. The molecule has 1 atom stereocenters. The van der Waals surface area contributed by atoms with Crippen LogP contribution in [0.5, 0.6) is 0 Å². The fourth-order valence-corrected chi connectivity index (χ4v) is 5.54. The van der Waals surface area contributed by atoms with Crippen molar-refractivity contribution in [2.45, 2.75) is 31.5 Å². The largest absolute Gasteiger partial charge is 0.435 e. The van der Waals surface area contributed by atoms with E-state index in [4.69, 9.17) is 28.0 Å². The number of benzene rings is 1. The summed E-state index contributed by atoms with van der Waals surface area (Å²) in [6.07, 6.45) is -3.84. The van der Waals surface area contributed by atoms with Crippen LogP contribution in [0.15, 0.2) is 35.6 Å². The Balaban J connectivity index is 1.59. The third-order valence-corrected chi connectivity index (χ3v) is 7.63. The second-order valence-corrected chi connectivity index (χ2v) is 10.4. The van der Waals surface area contributed by atoms with Gasteiger partial charge < -0.3 is 4.84 Å². The van der Waals surface area contributed by atoms with Crippen LogP contribution in [-0.2, 0) is 21.2 Å². The number of hydrogen-bond acceptors (Lipinski definition) is 5. The molecule has 2 aliphatic heterocycles. The Morgan fingerprint density at radius 2 is 1.88 bits per heavy atom. The number of carbonyl (C=O) groups excluding carboxylic acids is 1. The van der Waals surface area contributed by atoms with E-state index in [0.717, 1.165) is 12.1 Å². The first kappa shape index (κ1) is 23.2. The molecular weight excluding hydrogens is 488 g/mol. The topological polar surface area (TPSA) is 68.6 Å². The van der Waals surface area contributed by atoms with Crippen molar-refractivity contribution in [1.82, 2.24) is 4.98 Å². The predicted molar refractivity (Wildman–Crippen MR) is 116 cm³/mol. The van der Waals surface area contributed by atoms with Gasteiger partial charge in [0.15, 0.2) is 5.78 Å². The van der Waals surface area contributed by atoms with Gasteiger partial charge in [-0.05, 0) is 42.7 Å². The average Bonchev–Trinajstić information content (AvgIpc) is 3.12. The van der Waals surface area contributed by atoms with E-state index in [1.54, 1.807) is 13.0 Å². The average molecular weight is 505 g/mol. The second-order valence-electron chi connectivity index (χ2n) is 7.94. The van der Waals surface area contributed by atoms with Gasteiger partial charge in [-0.15, -0.1) is 0 Å². The molecule has 1 aromatic heterocycles. The van der Waals surface area contributed by atoms with E-state index < -0.39 is 29.0 Å². The zero-order valence-corrected chi connectivity index (χ0v) is 19.0. The lowest BCUT2D eigenvalue weighted by atomic mass is 9.86. The highest BCUT2D eigenvalue weighted by Gasteiger charge is 2.62. The fraction of sp³-hybridized carbons (Fsp3) is 0.381. The molecule has 2 aliphatic rings. The van der Waals surface area contributed by atoms with Crippen LogP contribution < -0.4 is 0 Å². The summed E-state index contributed by atoms with van der Waals surface area (Å²) >= 11 is 11.8. The van der Waals surface area contributed by atoms with Gasteiger partial charge in [0, 0.05) is 56.1 Å². The molecule has 170 valence electrons. The van der Waals surface area contributed by atoms with E-state index in [1.807, 2.05) is 0 Å². The van der Waals surface area contributed by atoms with Gasteiger partial charge in [0.2, 0.25) is 0 Å². The van der Waals surface area contributed by atoms with Crippen molar-refractivity contribution in [3.8, 4) is 0 Å². The lowest BCUT2D eigenvalue weighted by molar-refractivity contribution is -0.275. The van der Waals surface area contributed by atoms with E-state index in [1.165, 1.54) is 12.3 Å². The maximum absolute atomic E-state index is 14.1. The van der Waals surface area contributed by atoms with E-state index in [-0.39, 0.29) is 45.1 Å². The molecule has 32 heavy (non-hydrogen) atoms.